The van der Waals surface area contributed by atoms with Crippen LogP contribution in [0.15, 0.2) is 40.9 Å². The molecule has 7 heteroatoms. The van der Waals surface area contributed by atoms with Gasteiger partial charge in [-0.05, 0) is 73.7 Å². The predicted octanol–water partition coefficient (Wildman–Crippen LogP) is 4.87. The Morgan fingerprint density at radius 3 is 2.93 bits per heavy atom. The van der Waals surface area contributed by atoms with E-state index in [0.29, 0.717) is 6.04 Å². The van der Waals surface area contributed by atoms with Gasteiger partial charge in [-0.3, -0.25) is 4.79 Å². The molecule has 2 aromatic heterocycles. The number of nitrogens with one attached hydrogen (secondary N) is 1. The summed E-state index contributed by atoms with van der Waals surface area (Å²) in [6.07, 6.45) is 6.61. The van der Waals surface area contributed by atoms with Gasteiger partial charge >= 0.3 is 0 Å². The standard InChI is InChI=1S/C22H24N4OS2/c1-14(21(27)23-17-8-7-15-4-2-5-16(15)12-17)29-22-25-24-20(26(22)18-9-10-18)13-19-6-3-11-28-19/h3,6-8,11-12,14,18H,2,4-5,9-10,13H2,1H3,(H,23,27). The van der Waals surface area contributed by atoms with Gasteiger partial charge in [0.15, 0.2) is 5.16 Å². The van der Waals surface area contributed by atoms with Crippen molar-refractivity contribution in [2.75, 3.05) is 5.32 Å². The number of thioether (sulfide) groups is 1. The van der Waals surface area contributed by atoms with E-state index in [1.807, 2.05) is 13.0 Å². The highest BCUT2D eigenvalue weighted by Crippen LogP contribution is 2.40. The highest BCUT2D eigenvalue weighted by molar-refractivity contribution is 8.00. The van der Waals surface area contributed by atoms with Gasteiger partial charge in [-0.25, -0.2) is 0 Å². The van der Waals surface area contributed by atoms with Gasteiger partial charge in [-0.1, -0.05) is 23.9 Å². The minimum Gasteiger partial charge on any atom is -0.325 e. The lowest BCUT2D eigenvalue weighted by Crippen LogP contribution is -2.23. The zero-order valence-corrected chi connectivity index (χ0v) is 18.1. The zero-order chi connectivity index (χ0) is 19.8. The fraction of sp³-hybridized carbons (Fsp3) is 0.409. The van der Waals surface area contributed by atoms with E-state index in [9.17, 15) is 4.79 Å². The summed E-state index contributed by atoms with van der Waals surface area (Å²) in [6, 6.07) is 11.0. The molecule has 1 aromatic carbocycles. The van der Waals surface area contributed by atoms with Gasteiger partial charge in [0, 0.05) is 23.0 Å². The van der Waals surface area contributed by atoms with Crippen LogP contribution in [0.4, 0.5) is 5.69 Å². The van der Waals surface area contributed by atoms with Crippen LogP contribution >= 0.6 is 23.1 Å². The molecule has 1 fully saturated rings. The number of benzene rings is 1. The van der Waals surface area contributed by atoms with Crippen LogP contribution in [-0.4, -0.2) is 25.9 Å². The number of carbonyl (C=O) groups is 1. The normalized spacial score (nSPS) is 16.6. The Balaban J connectivity index is 1.28. The molecular formula is C22H24N4OS2. The number of thiophene rings is 1. The van der Waals surface area contributed by atoms with Crippen molar-refractivity contribution in [2.45, 2.75) is 61.9 Å². The number of carbonyl (C=O) groups excluding carboxylic acids is 1. The molecule has 2 aliphatic carbocycles. The summed E-state index contributed by atoms with van der Waals surface area (Å²) in [7, 11) is 0. The summed E-state index contributed by atoms with van der Waals surface area (Å²) in [5.74, 6) is 1.02. The van der Waals surface area contributed by atoms with Crippen LogP contribution < -0.4 is 5.32 Å². The average molecular weight is 425 g/mol. The maximum Gasteiger partial charge on any atom is 0.237 e. The summed E-state index contributed by atoms with van der Waals surface area (Å²) in [5, 5.41) is 14.7. The first-order valence-corrected chi connectivity index (χ1v) is 12.0. The first kappa shape index (κ1) is 18.9. The van der Waals surface area contributed by atoms with Crippen molar-refractivity contribution in [3.63, 3.8) is 0 Å². The molecule has 150 valence electrons. The van der Waals surface area contributed by atoms with E-state index >= 15 is 0 Å². The molecule has 1 unspecified atom stereocenters. The lowest BCUT2D eigenvalue weighted by Gasteiger charge is -2.14. The molecule has 1 saturated carbocycles. The van der Waals surface area contributed by atoms with Gasteiger partial charge in [0.1, 0.15) is 5.82 Å². The molecule has 29 heavy (non-hydrogen) atoms. The van der Waals surface area contributed by atoms with Crippen molar-refractivity contribution in [1.82, 2.24) is 14.8 Å². The number of fused-ring (bicyclic) bond motifs is 1. The smallest absolute Gasteiger partial charge is 0.237 e. The van der Waals surface area contributed by atoms with Crippen LogP contribution in [0.2, 0.25) is 0 Å². The van der Waals surface area contributed by atoms with Crippen molar-refractivity contribution in [1.29, 1.82) is 0 Å². The zero-order valence-electron chi connectivity index (χ0n) is 16.4. The number of anilines is 1. The topological polar surface area (TPSA) is 59.8 Å². The summed E-state index contributed by atoms with van der Waals surface area (Å²) >= 11 is 3.25. The Kier molecular flexibility index (Phi) is 5.18. The second-order valence-electron chi connectivity index (χ2n) is 7.84. The second-order valence-corrected chi connectivity index (χ2v) is 10.2. The number of amides is 1. The van der Waals surface area contributed by atoms with Gasteiger partial charge < -0.3 is 9.88 Å². The largest absolute Gasteiger partial charge is 0.325 e. The maximum atomic E-state index is 12.8. The molecule has 0 bridgehead atoms. The molecule has 3 aromatic rings. The van der Waals surface area contributed by atoms with Gasteiger partial charge in [0.05, 0.1) is 5.25 Å². The number of aryl methyl sites for hydroxylation is 2. The summed E-state index contributed by atoms with van der Waals surface area (Å²) in [6.45, 7) is 1.94. The Morgan fingerprint density at radius 2 is 2.14 bits per heavy atom. The maximum absolute atomic E-state index is 12.8. The number of nitrogens with zero attached hydrogens (tertiary/aromatic N) is 3. The minimum atomic E-state index is -0.237. The van der Waals surface area contributed by atoms with Crippen LogP contribution in [0.1, 0.15) is 54.1 Å². The highest BCUT2D eigenvalue weighted by atomic mass is 32.2. The molecular weight excluding hydrogens is 400 g/mol. The lowest BCUT2D eigenvalue weighted by atomic mass is 10.1. The second kappa shape index (κ2) is 7.95. The molecule has 1 atom stereocenters. The fourth-order valence-electron chi connectivity index (χ4n) is 3.88. The highest BCUT2D eigenvalue weighted by Gasteiger charge is 2.31. The van der Waals surface area contributed by atoms with Crippen LogP contribution in [0.25, 0.3) is 0 Å². The number of rotatable bonds is 7. The Bertz CT molecular complexity index is 1020. The third-order valence-electron chi connectivity index (χ3n) is 5.58. The van der Waals surface area contributed by atoms with E-state index < -0.39 is 0 Å². The number of hydrogen-bond donors (Lipinski definition) is 1. The molecule has 2 heterocycles. The van der Waals surface area contributed by atoms with Gasteiger partial charge in [-0.15, -0.1) is 21.5 Å². The monoisotopic (exact) mass is 424 g/mol. The molecule has 0 aliphatic heterocycles. The van der Waals surface area contributed by atoms with Crippen molar-refractivity contribution in [3.05, 3.63) is 57.5 Å². The molecule has 5 rings (SSSR count). The first-order chi connectivity index (χ1) is 14.2. The van der Waals surface area contributed by atoms with Gasteiger partial charge in [0.2, 0.25) is 5.91 Å². The third kappa shape index (κ3) is 4.12. The molecule has 0 saturated heterocycles. The third-order valence-corrected chi connectivity index (χ3v) is 7.51. The van der Waals surface area contributed by atoms with Crippen molar-refractivity contribution in [3.8, 4) is 0 Å². The Hall–Kier alpha value is -2.12. The summed E-state index contributed by atoms with van der Waals surface area (Å²) in [5.41, 5.74) is 3.68. The quantitative estimate of drug-likeness (QED) is 0.550. The van der Waals surface area contributed by atoms with Crippen LogP contribution in [0.5, 0.6) is 0 Å². The average Bonchev–Trinajstić information content (AvgIpc) is 3.10. The minimum absolute atomic E-state index is 0.0121. The van der Waals surface area contributed by atoms with Gasteiger partial charge in [-0.2, -0.15) is 0 Å². The van der Waals surface area contributed by atoms with E-state index in [4.69, 9.17) is 0 Å². The van der Waals surface area contributed by atoms with Crippen molar-refractivity contribution >= 4 is 34.7 Å². The van der Waals surface area contributed by atoms with E-state index in [1.54, 1.807) is 11.3 Å². The lowest BCUT2D eigenvalue weighted by molar-refractivity contribution is -0.115. The Morgan fingerprint density at radius 1 is 1.28 bits per heavy atom. The van der Waals surface area contributed by atoms with E-state index in [0.717, 1.165) is 35.9 Å². The van der Waals surface area contributed by atoms with E-state index in [-0.39, 0.29) is 11.2 Å². The van der Waals surface area contributed by atoms with Crippen LogP contribution in [0.3, 0.4) is 0 Å². The molecule has 2 aliphatic rings. The molecule has 0 radical (unpaired) electrons. The predicted molar refractivity (Wildman–Crippen MR) is 118 cm³/mol. The summed E-state index contributed by atoms with van der Waals surface area (Å²) in [4.78, 5) is 14.1. The first-order valence-electron chi connectivity index (χ1n) is 10.2. The molecule has 0 spiro atoms. The Labute approximate surface area is 178 Å². The van der Waals surface area contributed by atoms with Gasteiger partial charge in [0.25, 0.3) is 0 Å². The number of aromatic nitrogens is 3. The number of hydrogen-bond acceptors (Lipinski definition) is 5. The van der Waals surface area contributed by atoms with Crippen molar-refractivity contribution in [2.24, 2.45) is 0 Å². The fourth-order valence-corrected chi connectivity index (χ4v) is 5.52. The van der Waals surface area contributed by atoms with Crippen LogP contribution in [-0.2, 0) is 24.1 Å². The van der Waals surface area contributed by atoms with E-state index in [1.165, 1.54) is 47.0 Å². The van der Waals surface area contributed by atoms with Crippen LogP contribution in [0, 0.1) is 0 Å². The van der Waals surface area contributed by atoms with Crippen molar-refractivity contribution < 1.29 is 4.79 Å². The molecule has 5 nitrogen and oxygen atoms in total. The van der Waals surface area contributed by atoms with E-state index in [2.05, 4.69) is 49.7 Å². The molecule has 1 amide bonds. The molecule has 1 N–H and O–H groups in total. The summed E-state index contributed by atoms with van der Waals surface area (Å²) < 4.78 is 2.25. The SMILES string of the molecule is CC(Sc1nnc(Cc2cccs2)n1C1CC1)C(=O)Nc1ccc2c(c1)CCC2.